The molecule has 2 N–H and O–H groups in total. The van der Waals surface area contributed by atoms with Gasteiger partial charge >= 0.3 is 6.03 Å². The van der Waals surface area contributed by atoms with Gasteiger partial charge in [0.05, 0.1) is 5.52 Å². The van der Waals surface area contributed by atoms with E-state index in [4.69, 9.17) is 0 Å². The van der Waals surface area contributed by atoms with Crippen molar-refractivity contribution in [2.24, 2.45) is 0 Å². The van der Waals surface area contributed by atoms with Crippen LogP contribution in [0.3, 0.4) is 0 Å². The molecule has 1 fully saturated rings. The Morgan fingerprint density at radius 2 is 1.79 bits per heavy atom. The monoisotopic (exact) mass is 521 g/mol. The van der Waals surface area contributed by atoms with Crippen molar-refractivity contribution in [1.29, 1.82) is 0 Å². The quantitative estimate of drug-likeness (QED) is 0.424. The molecule has 0 bridgehead atoms. The molecule has 2 aromatic carbocycles. The van der Waals surface area contributed by atoms with Crippen LogP contribution in [0.4, 0.5) is 10.5 Å². The van der Waals surface area contributed by atoms with E-state index >= 15 is 0 Å². The van der Waals surface area contributed by atoms with Crippen LogP contribution in [0.1, 0.15) is 18.2 Å². The average Bonchev–Trinajstić information content (AvgIpc) is 2.82. The molecule has 1 aromatic heterocycles. The van der Waals surface area contributed by atoms with Crippen molar-refractivity contribution in [3.8, 4) is 0 Å². The smallest absolute Gasteiger partial charge is 0.325 e. The number of anilines is 1. The summed E-state index contributed by atoms with van der Waals surface area (Å²) in [6.07, 6.45) is 1.01. The predicted octanol–water partition coefficient (Wildman–Crippen LogP) is 5.08. The average molecular weight is 523 g/mol. The molecule has 34 heavy (non-hydrogen) atoms. The number of hydrogen-bond donors (Lipinski definition) is 2. The van der Waals surface area contributed by atoms with Gasteiger partial charge in [0.25, 0.3) is 0 Å². The Hall–Kier alpha value is -2.19. The van der Waals surface area contributed by atoms with E-state index in [1.165, 1.54) is 28.6 Å². The Morgan fingerprint density at radius 1 is 1.03 bits per heavy atom. The lowest BCUT2D eigenvalue weighted by molar-refractivity contribution is 0.247. The molecule has 9 heteroatoms. The zero-order chi connectivity index (χ0) is 22.3. The van der Waals surface area contributed by atoms with Crippen molar-refractivity contribution in [2.75, 3.05) is 44.2 Å². The Bertz CT molecular complexity index is 1080. The second-order valence-corrected chi connectivity index (χ2v) is 8.97. The molecule has 6 nitrogen and oxygen atoms in total. The third-order valence-corrected chi connectivity index (χ3v) is 6.55. The number of amides is 2. The summed E-state index contributed by atoms with van der Waals surface area (Å²) in [4.78, 5) is 22.4. The third kappa shape index (κ3) is 7.40. The van der Waals surface area contributed by atoms with E-state index in [0.29, 0.717) is 6.54 Å². The van der Waals surface area contributed by atoms with Crippen LogP contribution in [0.25, 0.3) is 10.9 Å². The van der Waals surface area contributed by atoms with Crippen LogP contribution < -0.4 is 14.9 Å². The molecule has 184 valence electrons. The number of aromatic nitrogens is 1. The van der Waals surface area contributed by atoms with Crippen LogP contribution in [0, 0.1) is 6.92 Å². The van der Waals surface area contributed by atoms with Crippen LogP contribution in [-0.2, 0) is 6.42 Å². The van der Waals surface area contributed by atoms with Gasteiger partial charge in [-0.25, -0.2) is 4.79 Å². The van der Waals surface area contributed by atoms with Crippen LogP contribution in [0.2, 0.25) is 0 Å². The molecule has 4 rings (SSSR count). The van der Waals surface area contributed by atoms with Crippen molar-refractivity contribution >= 4 is 59.4 Å². The van der Waals surface area contributed by atoms with Crippen molar-refractivity contribution in [2.45, 2.75) is 25.2 Å². The van der Waals surface area contributed by atoms with E-state index in [2.05, 4.69) is 73.4 Å². The Labute approximate surface area is 218 Å². The minimum atomic E-state index is -0.155. The highest BCUT2D eigenvalue weighted by Crippen LogP contribution is 2.27. The first-order chi connectivity index (χ1) is 15.6. The molecule has 3 aromatic rings. The second-order valence-electron chi connectivity index (χ2n) is 8.09. The molecule has 0 aliphatic carbocycles. The Balaban J connectivity index is 0.00000204. The number of rotatable bonds is 7. The zero-order valence-electron chi connectivity index (χ0n) is 19.6. The predicted molar refractivity (Wildman–Crippen MR) is 148 cm³/mol. The van der Waals surface area contributed by atoms with Gasteiger partial charge in [-0.15, -0.1) is 24.8 Å². The lowest BCUT2D eigenvalue weighted by atomic mass is 10.1. The number of urea groups is 1. The first-order valence-corrected chi connectivity index (χ1v) is 12.1. The summed E-state index contributed by atoms with van der Waals surface area (Å²) >= 11 is 1.36. The number of pyridine rings is 1. The zero-order valence-corrected chi connectivity index (χ0v) is 22.1. The van der Waals surface area contributed by atoms with Crippen LogP contribution >= 0.6 is 36.8 Å². The number of carbonyl (C=O) groups excluding carboxylic acids is 1. The maximum absolute atomic E-state index is 11.6. The Morgan fingerprint density at radius 3 is 2.56 bits per heavy atom. The van der Waals surface area contributed by atoms with Gasteiger partial charge in [-0.3, -0.25) is 14.6 Å². The normalized spacial score (nSPS) is 13.6. The van der Waals surface area contributed by atoms with E-state index in [9.17, 15) is 4.79 Å². The fourth-order valence-electron chi connectivity index (χ4n) is 4.08. The van der Waals surface area contributed by atoms with E-state index in [0.717, 1.165) is 55.3 Å². The first kappa shape index (κ1) is 28.1. The van der Waals surface area contributed by atoms with E-state index < -0.39 is 0 Å². The summed E-state index contributed by atoms with van der Waals surface area (Å²) in [6.45, 7) is 9.78. The van der Waals surface area contributed by atoms with Crippen molar-refractivity contribution < 1.29 is 4.79 Å². The van der Waals surface area contributed by atoms with Crippen LogP contribution in [-0.4, -0.2) is 55.2 Å². The van der Waals surface area contributed by atoms with Gasteiger partial charge in [-0.2, -0.15) is 0 Å². The molecule has 0 unspecified atom stereocenters. The number of nitrogens with zero attached hydrogens (tertiary/aromatic N) is 3. The molecule has 2 amide bonds. The molecule has 0 spiro atoms. The molecule has 0 radical (unpaired) electrons. The number of piperazine rings is 1. The molecule has 1 aliphatic rings. The SMILES string of the molecule is CCNC(=O)NSc1cccc(CCN2CCN(c3cccc4nc(C)ccc34)CC2)c1.Cl.Cl. The van der Waals surface area contributed by atoms with Gasteiger partial charge < -0.3 is 10.2 Å². The maximum atomic E-state index is 11.6. The minimum absolute atomic E-state index is 0. The highest BCUT2D eigenvalue weighted by molar-refractivity contribution is 7.98. The second kappa shape index (κ2) is 13.6. The molecular weight excluding hydrogens is 489 g/mol. The van der Waals surface area contributed by atoms with Crippen molar-refractivity contribution in [3.63, 3.8) is 0 Å². The van der Waals surface area contributed by atoms with Crippen molar-refractivity contribution in [1.82, 2.24) is 19.9 Å². The number of fused-ring (bicyclic) bond motifs is 1. The topological polar surface area (TPSA) is 60.5 Å². The summed E-state index contributed by atoms with van der Waals surface area (Å²) in [5, 5.41) is 3.98. The highest BCUT2D eigenvalue weighted by atomic mass is 35.5. The number of carbonyl (C=O) groups is 1. The van der Waals surface area contributed by atoms with Gasteiger partial charge in [-0.05, 0) is 74.2 Å². The summed E-state index contributed by atoms with van der Waals surface area (Å²) in [5.41, 5.74) is 4.72. The van der Waals surface area contributed by atoms with Gasteiger partial charge in [0, 0.05) is 60.9 Å². The standard InChI is InChI=1S/C25H31N5OS.2ClH/c1-3-26-25(31)28-32-21-7-4-6-20(18-21)12-13-29-14-16-30(17-15-29)24-9-5-8-23-22(24)11-10-19(2)27-23;;/h4-11,18H,3,12-17H2,1-2H3,(H2,26,28,31);2*1H. The van der Waals surface area contributed by atoms with Crippen LogP contribution in [0.5, 0.6) is 0 Å². The fraction of sp³-hybridized carbons (Fsp3) is 0.360. The fourth-order valence-corrected chi connectivity index (χ4v) is 4.72. The lowest BCUT2D eigenvalue weighted by Crippen LogP contribution is -2.47. The third-order valence-electron chi connectivity index (χ3n) is 5.78. The van der Waals surface area contributed by atoms with Gasteiger partial charge in [0.1, 0.15) is 0 Å². The molecule has 0 saturated carbocycles. The summed E-state index contributed by atoms with van der Waals surface area (Å²) in [5.74, 6) is 0. The largest absolute Gasteiger partial charge is 0.368 e. The van der Waals surface area contributed by atoms with E-state index in [-0.39, 0.29) is 30.8 Å². The van der Waals surface area contributed by atoms with Gasteiger partial charge in [0.15, 0.2) is 0 Å². The molecule has 1 saturated heterocycles. The van der Waals surface area contributed by atoms with Gasteiger partial charge in [-0.1, -0.05) is 18.2 Å². The Kier molecular flexibility index (Phi) is 11.2. The van der Waals surface area contributed by atoms with E-state index in [1.54, 1.807) is 0 Å². The first-order valence-electron chi connectivity index (χ1n) is 11.3. The highest BCUT2D eigenvalue weighted by Gasteiger charge is 2.18. The van der Waals surface area contributed by atoms with Crippen molar-refractivity contribution in [3.05, 3.63) is 65.9 Å². The number of nitrogens with one attached hydrogen (secondary N) is 2. The molecule has 0 atom stereocenters. The minimum Gasteiger partial charge on any atom is -0.368 e. The number of aryl methyl sites for hydroxylation is 1. The summed E-state index contributed by atoms with van der Waals surface area (Å²) in [6, 6.07) is 19.0. The number of halogens is 2. The van der Waals surface area contributed by atoms with Gasteiger partial charge in [0.2, 0.25) is 0 Å². The molecular formula is C25H33Cl2N5OS. The molecule has 1 aliphatic heterocycles. The van der Waals surface area contributed by atoms with E-state index in [1.807, 2.05) is 19.9 Å². The lowest BCUT2D eigenvalue weighted by Gasteiger charge is -2.36. The molecule has 2 heterocycles. The summed E-state index contributed by atoms with van der Waals surface area (Å²) < 4.78 is 2.81. The maximum Gasteiger partial charge on any atom is 0.325 e. The van der Waals surface area contributed by atoms with Crippen LogP contribution in [0.15, 0.2) is 59.5 Å². The number of benzene rings is 2. The number of hydrogen-bond acceptors (Lipinski definition) is 5. The summed E-state index contributed by atoms with van der Waals surface area (Å²) in [7, 11) is 0.